The molecule has 21 heavy (non-hydrogen) atoms. The van der Waals surface area contributed by atoms with Crippen molar-refractivity contribution in [3.8, 4) is 0 Å². The van der Waals surface area contributed by atoms with E-state index in [2.05, 4.69) is 4.74 Å². The fraction of sp³-hybridized carbons (Fsp3) is 0.467. The third-order valence-corrected chi connectivity index (χ3v) is 3.08. The molecule has 0 aliphatic rings. The molecule has 0 radical (unpaired) electrons. The highest BCUT2D eigenvalue weighted by Gasteiger charge is 2.19. The summed E-state index contributed by atoms with van der Waals surface area (Å²) in [5.41, 5.74) is 7.80. The molecule has 1 amide bonds. The Labute approximate surface area is 125 Å². The van der Waals surface area contributed by atoms with Crippen LogP contribution >= 0.6 is 0 Å². The van der Waals surface area contributed by atoms with Gasteiger partial charge in [0.15, 0.2) is 0 Å². The van der Waals surface area contributed by atoms with Gasteiger partial charge < -0.3 is 20.3 Å². The van der Waals surface area contributed by atoms with Crippen LogP contribution in [0.3, 0.4) is 0 Å². The molecule has 0 aromatic heterocycles. The number of benzene rings is 1. The Hall–Kier alpha value is -2.24. The quantitative estimate of drug-likeness (QED) is 0.633. The minimum atomic E-state index is -0.435. The summed E-state index contributed by atoms with van der Waals surface area (Å²) in [6.45, 7) is 2.38. The van der Waals surface area contributed by atoms with Crippen LogP contribution in [0.25, 0.3) is 0 Å². The van der Waals surface area contributed by atoms with Gasteiger partial charge in [-0.25, -0.2) is 0 Å². The number of hydrogen-bond acceptors (Lipinski definition) is 5. The zero-order valence-corrected chi connectivity index (χ0v) is 13.0. The lowest BCUT2D eigenvalue weighted by molar-refractivity contribution is -0.141. The Morgan fingerprint density at radius 3 is 2.43 bits per heavy atom. The first kappa shape index (κ1) is 16.8. The summed E-state index contributed by atoms with van der Waals surface area (Å²) in [5, 5.41) is 0. The Kier molecular flexibility index (Phi) is 6.02. The molecule has 6 heteroatoms. The van der Waals surface area contributed by atoms with Crippen molar-refractivity contribution in [3.05, 3.63) is 23.8 Å². The van der Waals surface area contributed by atoms with Gasteiger partial charge in [0.25, 0.3) is 5.91 Å². The second-order valence-electron chi connectivity index (χ2n) is 4.97. The van der Waals surface area contributed by atoms with Gasteiger partial charge in [0.1, 0.15) is 6.54 Å². The van der Waals surface area contributed by atoms with E-state index in [1.165, 1.54) is 12.0 Å². The topological polar surface area (TPSA) is 75.9 Å². The Morgan fingerprint density at radius 1 is 1.29 bits per heavy atom. The number of nitrogens with two attached hydrogens (primary N) is 1. The molecule has 1 aromatic rings. The first-order chi connectivity index (χ1) is 9.90. The van der Waals surface area contributed by atoms with Crippen LogP contribution in [-0.2, 0) is 9.53 Å². The van der Waals surface area contributed by atoms with Crippen molar-refractivity contribution in [3.63, 3.8) is 0 Å². The van der Waals surface area contributed by atoms with Gasteiger partial charge >= 0.3 is 5.97 Å². The smallest absolute Gasteiger partial charge is 0.325 e. The first-order valence-corrected chi connectivity index (χ1v) is 6.83. The summed E-state index contributed by atoms with van der Waals surface area (Å²) in [7, 11) is 5.07. The normalized spacial score (nSPS) is 10.1. The third-order valence-electron chi connectivity index (χ3n) is 3.08. The van der Waals surface area contributed by atoms with Gasteiger partial charge in [0.2, 0.25) is 0 Å². The number of ether oxygens (including phenoxy) is 1. The number of nitrogens with zero attached hydrogens (tertiary/aromatic N) is 2. The molecule has 0 heterocycles. The molecule has 6 nitrogen and oxygen atoms in total. The summed E-state index contributed by atoms with van der Waals surface area (Å²) < 4.78 is 4.62. The van der Waals surface area contributed by atoms with Crippen LogP contribution in [-0.4, -0.2) is 51.1 Å². The maximum atomic E-state index is 12.5. The van der Waals surface area contributed by atoms with Crippen molar-refractivity contribution in [2.75, 3.05) is 44.9 Å². The number of methoxy groups -OCH3 is 1. The SMILES string of the molecule is CCCN(CC(=O)OC)C(=O)c1ccc(N(C)C)c(N)c1. The maximum Gasteiger partial charge on any atom is 0.325 e. The predicted molar refractivity (Wildman–Crippen MR) is 83.4 cm³/mol. The molecule has 0 bridgehead atoms. The fourth-order valence-corrected chi connectivity index (χ4v) is 2.02. The number of esters is 1. The molecule has 0 unspecified atom stereocenters. The number of rotatable bonds is 6. The standard InChI is InChI=1S/C15H23N3O3/c1-5-8-18(10-14(19)21-4)15(20)11-6-7-13(17(2)3)12(16)9-11/h6-7,9H,5,8,10,16H2,1-4H3. The zero-order chi connectivity index (χ0) is 16.0. The second kappa shape index (κ2) is 7.52. The van der Waals surface area contributed by atoms with Gasteiger partial charge in [-0.15, -0.1) is 0 Å². The summed E-state index contributed by atoms with van der Waals surface area (Å²) in [5.74, 6) is -0.658. The number of anilines is 2. The van der Waals surface area contributed by atoms with E-state index in [0.29, 0.717) is 17.8 Å². The van der Waals surface area contributed by atoms with Crippen LogP contribution < -0.4 is 10.6 Å². The van der Waals surface area contributed by atoms with Crippen LogP contribution in [0.15, 0.2) is 18.2 Å². The van der Waals surface area contributed by atoms with Crippen molar-refractivity contribution in [1.82, 2.24) is 4.90 Å². The van der Waals surface area contributed by atoms with Gasteiger partial charge in [-0.3, -0.25) is 9.59 Å². The molecule has 1 aromatic carbocycles. The van der Waals surface area contributed by atoms with Crippen LogP contribution in [0.4, 0.5) is 11.4 Å². The van der Waals surface area contributed by atoms with E-state index in [0.717, 1.165) is 12.1 Å². The van der Waals surface area contributed by atoms with E-state index in [4.69, 9.17) is 5.73 Å². The largest absolute Gasteiger partial charge is 0.468 e. The molecule has 0 saturated heterocycles. The minimum Gasteiger partial charge on any atom is -0.468 e. The van der Waals surface area contributed by atoms with Gasteiger partial charge in [-0.05, 0) is 24.6 Å². The summed E-state index contributed by atoms with van der Waals surface area (Å²) >= 11 is 0. The summed E-state index contributed by atoms with van der Waals surface area (Å²) in [4.78, 5) is 27.2. The summed E-state index contributed by atoms with van der Waals surface area (Å²) in [6.07, 6.45) is 0.758. The maximum absolute atomic E-state index is 12.5. The van der Waals surface area contributed by atoms with Crippen molar-refractivity contribution < 1.29 is 14.3 Å². The molecular formula is C15H23N3O3. The number of carbonyl (C=O) groups excluding carboxylic acids is 2. The fourth-order valence-electron chi connectivity index (χ4n) is 2.02. The molecule has 0 fully saturated rings. The molecule has 0 atom stereocenters. The number of hydrogen-bond donors (Lipinski definition) is 1. The van der Waals surface area contributed by atoms with E-state index < -0.39 is 5.97 Å². The zero-order valence-electron chi connectivity index (χ0n) is 13.0. The molecule has 0 spiro atoms. The third kappa shape index (κ3) is 4.37. The lowest BCUT2D eigenvalue weighted by Crippen LogP contribution is -2.36. The van der Waals surface area contributed by atoms with Crippen molar-refractivity contribution in [2.24, 2.45) is 0 Å². The average Bonchev–Trinajstić information content (AvgIpc) is 2.45. The lowest BCUT2D eigenvalue weighted by atomic mass is 10.1. The lowest BCUT2D eigenvalue weighted by Gasteiger charge is -2.22. The monoisotopic (exact) mass is 293 g/mol. The number of nitrogen functional groups attached to an aromatic ring is 1. The molecular weight excluding hydrogens is 270 g/mol. The Bertz CT molecular complexity index is 515. The highest BCUT2D eigenvalue weighted by Crippen LogP contribution is 2.23. The van der Waals surface area contributed by atoms with Crippen molar-refractivity contribution in [2.45, 2.75) is 13.3 Å². The predicted octanol–water partition coefficient (Wildman–Crippen LogP) is 1.36. The van der Waals surface area contributed by atoms with Crippen LogP contribution in [0, 0.1) is 0 Å². The Morgan fingerprint density at radius 2 is 1.95 bits per heavy atom. The van der Waals surface area contributed by atoms with E-state index >= 15 is 0 Å². The van der Waals surface area contributed by atoms with Crippen LogP contribution in [0.5, 0.6) is 0 Å². The molecule has 0 saturated carbocycles. The summed E-state index contributed by atoms with van der Waals surface area (Å²) in [6, 6.07) is 5.15. The van der Waals surface area contributed by atoms with Gasteiger partial charge in [-0.1, -0.05) is 6.92 Å². The average molecular weight is 293 g/mol. The van der Waals surface area contributed by atoms with E-state index in [-0.39, 0.29) is 12.5 Å². The second-order valence-corrected chi connectivity index (χ2v) is 4.97. The molecule has 0 aliphatic heterocycles. The van der Waals surface area contributed by atoms with E-state index in [1.807, 2.05) is 25.9 Å². The molecule has 116 valence electrons. The van der Waals surface area contributed by atoms with E-state index in [9.17, 15) is 9.59 Å². The first-order valence-electron chi connectivity index (χ1n) is 6.83. The van der Waals surface area contributed by atoms with Crippen LogP contribution in [0.2, 0.25) is 0 Å². The van der Waals surface area contributed by atoms with E-state index in [1.54, 1.807) is 18.2 Å². The van der Waals surface area contributed by atoms with Gasteiger partial charge in [0.05, 0.1) is 18.5 Å². The highest BCUT2D eigenvalue weighted by atomic mass is 16.5. The molecule has 1 rings (SSSR count). The van der Waals surface area contributed by atoms with Gasteiger partial charge in [0, 0.05) is 26.2 Å². The van der Waals surface area contributed by atoms with Gasteiger partial charge in [-0.2, -0.15) is 0 Å². The Balaban J connectivity index is 2.98. The molecule has 2 N–H and O–H groups in total. The number of amides is 1. The highest BCUT2D eigenvalue weighted by molar-refractivity contribution is 5.97. The van der Waals surface area contributed by atoms with Crippen molar-refractivity contribution >= 4 is 23.3 Å². The minimum absolute atomic E-state index is 0.0570. The van der Waals surface area contributed by atoms with Crippen LogP contribution in [0.1, 0.15) is 23.7 Å². The number of carbonyl (C=O) groups is 2. The van der Waals surface area contributed by atoms with Crippen molar-refractivity contribution in [1.29, 1.82) is 0 Å². The molecule has 0 aliphatic carbocycles.